The maximum atomic E-state index is 6.67. The van der Waals surface area contributed by atoms with Crippen LogP contribution in [0.5, 0.6) is 0 Å². The highest BCUT2D eigenvalue weighted by atomic mass is 32.1. The number of furan rings is 1. The molecule has 0 spiro atoms. The van der Waals surface area contributed by atoms with Gasteiger partial charge in [0.25, 0.3) is 0 Å². The lowest BCUT2D eigenvalue weighted by molar-refractivity contribution is 0.669. The largest absolute Gasteiger partial charge is 0.456 e. The highest BCUT2D eigenvalue weighted by Crippen LogP contribution is 2.44. The molecule has 8 heteroatoms. The van der Waals surface area contributed by atoms with Gasteiger partial charge in [0, 0.05) is 89.5 Å². The molecule has 0 atom stereocenters. The van der Waals surface area contributed by atoms with Crippen LogP contribution < -0.4 is 0 Å². The third-order valence-corrected chi connectivity index (χ3v) is 17.9. The third-order valence-electron chi connectivity index (χ3n) is 15.6. The molecule has 17 aromatic rings. The summed E-state index contributed by atoms with van der Waals surface area (Å²) in [6.45, 7) is 0. The number of para-hydroxylation sites is 4. The average Bonchev–Trinajstić information content (AvgIpc) is 4.31. The lowest BCUT2D eigenvalue weighted by atomic mass is 9.98. The van der Waals surface area contributed by atoms with Gasteiger partial charge < -0.3 is 8.98 Å². The van der Waals surface area contributed by atoms with Crippen molar-refractivity contribution in [1.29, 1.82) is 0 Å². The summed E-state index contributed by atoms with van der Waals surface area (Å²) in [6.07, 6.45) is 0. The normalized spacial score (nSPS) is 12.2. The van der Waals surface area contributed by atoms with E-state index in [1.165, 1.54) is 73.3 Å². The summed E-state index contributed by atoms with van der Waals surface area (Å²) in [7, 11) is 0. The van der Waals surface area contributed by atoms with Crippen LogP contribution in [0.3, 0.4) is 0 Å². The molecule has 0 unspecified atom stereocenters. The van der Waals surface area contributed by atoms with Gasteiger partial charge in [-0.3, -0.25) is 4.57 Å². The molecule has 6 aromatic heterocycles. The second-order valence-electron chi connectivity index (χ2n) is 19.9. The number of hydrogen-bond donors (Lipinski definition) is 0. The number of rotatable bonds is 6. The molecule has 358 valence electrons. The Morgan fingerprint density at radius 2 is 0.818 bits per heavy atom. The van der Waals surface area contributed by atoms with Crippen molar-refractivity contribution in [2.24, 2.45) is 0 Å². The monoisotopic (exact) mass is 1020 g/mol. The van der Waals surface area contributed by atoms with Gasteiger partial charge in [0.15, 0.2) is 11.6 Å². The molecule has 0 aliphatic heterocycles. The van der Waals surface area contributed by atoms with E-state index in [1.807, 2.05) is 23.5 Å². The van der Waals surface area contributed by atoms with Gasteiger partial charge >= 0.3 is 0 Å². The van der Waals surface area contributed by atoms with Crippen LogP contribution in [0.4, 0.5) is 0 Å². The number of aromatic nitrogens is 5. The summed E-state index contributed by atoms with van der Waals surface area (Å²) in [5, 5.41) is 11.7. The molecule has 0 amide bonds. The van der Waals surface area contributed by atoms with Crippen LogP contribution in [0.1, 0.15) is 0 Å². The number of benzene rings is 11. The molecule has 0 aliphatic rings. The maximum Gasteiger partial charge on any atom is 0.238 e. The molecule has 0 radical (unpaired) electrons. The lowest BCUT2D eigenvalue weighted by Gasteiger charge is -2.11. The molecule has 77 heavy (non-hydrogen) atoms. The van der Waals surface area contributed by atoms with E-state index in [9.17, 15) is 0 Å². The Labute approximate surface area is 447 Å². The third kappa shape index (κ3) is 6.50. The van der Waals surface area contributed by atoms with Crippen molar-refractivity contribution in [2.45, 2.75) is 0 Å². The van der Waals surface area contributed by atoms with Crippen molar-refractivity contribution in [1.82, 2.24) is 24.1 Å². The van der Waals surface area contributed by atoms with Crippen molar-refractivity contribution in [3.8, 4) is 56.7 Å². The molecule has 0 fully saturated rings. The molecule has 0 bridgehead atoms. The lowest BCUT2D eigenvalue weighted by Crippen LogP contribution is -2.06. The second-order valence-corrected chi connectivity index (χ2v) is 22.1. The minimum Gasteiger partial charge on any atom is -0.456 e. The van der Waals surface area contributed by atoms with Crippen molar-refractivity contribution < 1.29 is 4.42 Å². The maximum absolute atomic E-state index is 6.67. The van der Waals surface area contributed by atoms with Crippen LogP contribution in [0, 0.1) is 0 Å². The molecule has 6 nitrogen and oxygen atoms in total. The topological polar surface area (TPSA) is 61.7 Å². The van der Waals surface area contributed by atoms with Crippen molar-refractivity contribution in [2.75, 3.05) is 0 Å². The van der Waals surface area contributed by atoms with Gasteiger partial charge in [0.2, 0.25) is 5.95 Å². The first-order chi connectivity index (χ1) is 38.1. The summed E-state index contributed by atoms with van der Waals surface area (Å²) in [4.78, 5) is 16.1. The minimum atomic E-state index is 0.556. The smallest absolute Gasteiger partial charge is 0.238 e. The summed E-state index contributed by atoms with van der Waals surface area (Å²) in [5.41, 5.74) is 13.7. The Kier molecular flexibility index (Phi) is 9.07. The van der Waals surface area contributed by atoms with Crippen LogP contribution in [0.15, 0.2) is 241 Å². The first-order valence-electron chi connectivity index (χ1n) is 25.8. The van der Waals surface area contributed by atoms with E-state index in [4.69, 9.17) is 19.4 Å². The minimum absolute atomic E-state index is 0.556. The summed E-state index contributed by atoms with van der Waals surface area (Å²) < 4.78 is 16.2. The van der Waals surface area contributed by atoms with Crippen LogP contribution in [-0.2, 0) is 0 Å². The molecule has 0 saturated heterocycles. The SMILES string of the molecule is c1ccc(-n2c3ccccc3c3cc(-c4ccc5c(c4)sc4ccc(-c6ccc7oc8cccc(-c9nc(-c%10ccc%11c(c%10)sc%10ccccc%10%11)nc(-n%10c%11ccccc%11c%11ccccc%11%10)n9)c8c7c6)cc45)ccc32)cc1. The highest BCUT2D eigenvalue weighted by Gasteiger charge is 2.22. The summed E-state index contributed by atoms with van der Waals surface area (Å²) in [6, 6.07) is 85.0. The van der Waals surface area contributed by atoms with E-state index in [1.54, 1.807) is 11.3 Å². The Hall–Kier alpha value is -9.73. The van der Waals surface area contributed by atoms with E-state index in [-0.39, 0.29) is 0 Å². The Morgan fingerprint density at radius 1 is 0.299 bits per heavy atom. The number of hydrogen-bond acceptors (Lipinski definition) is 6. The Balaban J connectivity index is 0.791. The van der Waals surface area contributed by atoms with Crippen LogP contribution in [-0.4, -0.2) is 24.1 Å². The van der Waals surface area contributed by atoms with E-state index in [0.29, 0.717) is 17.6 Å². The van der Waals surface area contributed by atoms with Gasteiger partial charge in [-0.05, 0) is 113 Å². The zero-order chi connectivity index (χ0) is 50.3. The van der Waals surface area contributed by atoms with Crippen molar-refractivity contribution >= 4 is 129 Å². The number of fused-ring (bicyclic) bond motifs is 15. The molecule has 11 aromatic carbocycles. The van der Waals surface area contributed by atoms with Gasteiger partial charge in [0.1, 0.15) is 11.2 Å². The fourth-order valence-electron chi connectivity index (χ4n) is 12.1. The molecule has 0 saturated carbocycles. The summed E-state index contributed by atoms with van der Waals surface area (Å²) in [5.74, 6) is 1.74. The Bertz CT molecular complexity index is 5260. The zero-order valence-corrected chi connectivity index (χ0v) is 42.6. The molecule has 6 heterocycles. The van der Waals surface area contributed by atoms with Gasteiger partial charge in [-0.2, -0.15) is 9.97 Å². The molecule has 0 aliphatic carbocycles. The van der Waals surface area contributed by atoms with Gasteiger partial charge in [-0.1, -0.05) is 146 Å². The van der Waals surface area contributed by atoms with E-state index in [2.05, 4.69) is 234 Å². The molecule has 17 rings (SSSR count). The fraction of sp³-hybridized carbons (Fsp3) is 0. The predicted octanol–water partition coefficient (Wildman–Crippen LogP) is 19.4. The van der Waals surface area contributed by atoms with E-state index in [0.717, 1.165) is 71.7 Å². The van der Waals surface area contributed by atoms with Gasteiger partial charge in [0.05, 0.1) is 22.1 Å². The fourth-order valence-corrected chi connectivity index (χ4v) is 14.3. The quantitative estimate of drug-likeness (QED) is 0.166. The van der Waals surface area contributed by atoms with Gasteiger partial charge in [-0.25, -0.2) is 4.98 Å². The van der Waals surface area contributed by atoms with Gasteiger partial charge in [-0.15, -0.1) is 22.7 Å². The zero-order valence-electron chi connectivity index (χ0n) is 41.0. The van der Waals surface area contributed by atoms with Crippen molar-refractivity contribution in [3.05, 3.63) is 237 Å². The number of nitrogens with zero attached hydrogens (tertiary/aromatic N) is 5. The average molecular weight is 1020 g/mol. The predicted molar refractivity (Wildman–Crippen MR) is 323 cm³/mol. The molecule has 0 N–H and O–H groups in total. The van der Waals surface area contributed by atoms with Crippen LogP contribution in [0.25, 0.3) is 163 Å². The van der Waals surface area contributed by atoms with Crippen LogP contribution >= 0.6 is 22.7 Å². The molecular weight excluding hydrogens is 979 g/mol. The van der Waals surface area contributed by atoms with Crippen molar-refractivity contribution in [3.63, 3.8) is 0 Å². The van der Waals surface area contributed by atoms with Crippen LogP contribution in [0.2, 0.25) is 0 Å². The first kappa shape index (κ1) is 42.6. The standard InChI is InChI=1S/C69H39N5OS2/c1-2-13-45(14-3-1)73-56-20-8-6-17-48(56)53-35-40(27-32-59(53)73)43-25-30-51-54-36-42(29-34-63(54)77-64(51)38-43)41-28-33-60-55(37-41)66-52(19-12-23-61(66)75-60)68-70-67(44-26-31-50-49-18-7-11-24-62(49)76-65(50)39-44)71-69(72-68)74-57-21-9-4-15-46(57)47-16-5-10-22-58(47)74/h1-39H. The highest BCUT2D eigenvalue weighted by molar-refractivity contribution is 7.26. The first-order valence-corrected chi connectivity index (χ1v) is 27.4. The Morgan fingerprint density at radius 3 is 1.58 bits per heavy atom. The second kappa shape index (κ2) is 16.4. The van der Waals surface area contributed by atoms with E-state index >= 15 is 0 Å². The van der Waals surface area contributed by atoms with E-state index < -0.39 is 0 Å². The number of thiophene rings is 2. The summed E-state index contributed by atoms with van der Waals surface area (Å²) >= 11 is 3.64. The molecular formula is C69H39N5OS2.